The third kappa shape index (κ3) is 4.49. The highest BCUT2D eigenvalue weighted by molar-refractivity contribution is 5.97. The molecule has 5 nitrogen and oxygen atoms in total. The van der Waals surface area contributed by atoms with Crippen molar-refractivity contribution >= 4 is 22.8 Å². The summed E-state index contributed by atoms with van der Waals surface area (Å²) in [5.74, 6) is -1.64. The number of carboxylic acids is 1. The normalized spacial score (nSPS) is 11.8. The maximum Gasteiger partial charge on any atom is 0.335 e. The molecule has 0 aliphatic carbocycles. The Balaban J connectivity index is 1.73. The second-order valence-corrected chi connectivity index (χ2v) is 7.58. The largest absolute Gasteiger partial charge is 0.478 e. The van der Waals surface area contributed by atoms with Crippen molar-refractivity contribution in [3.63, 3.8) is 0 Å². The third-order valence-corrected chi connectivity index (χ3v) is 5.45. The molecule has 0 aliphatic rings. The fraction of sp³-hybridized carbons (Fsp3) is 0.115. The molecule has 3 aromatic carbocycles. The molecule has 0 fully saturated rings. The lowest BCUT2D eigenvalue weighted by Gasteiger charge is -2.30. The molecular formula is C26H21FN2O3. The summed E-state index contributed by atoms with van der Waals surface area (Å²) in [5.41, 5.74) is 2.81. The van der Waals surface area contributed by atoms with E-state index in [1.807, 2.05) is 31.2 Å². The number of aromatic carboxylic acids is 1. The van der Waals surface area contributed by atoms with Gasteiger partial charge in [0, 0.05) is 18.1 Å². The summed E-state index contributed by atoms with van der Waals surface area (Å²) in [6, 6.07) is 21.4. The first kappa shape index (κ1) is 21.2. The minimum absolute atomic E-state index is 0.150. The van der Waals surface area contributed by atoms with E-state index in [2.05, 4.69) is 4.98 Å². The van der Waals surface area contributed by atoms with Crippen LogP contribution in [0.3, 0.4) is 0 Å². The van der Waals surface area contributed by atoms with Crippen molar-refractivity contribution in [2.75, 3.05) is 0 Å². The van der Waals surface area contributed by atoms with Crippen LogP contribution in [-0.2, 0) is 6.54 Å². The first-order valence-corrected chi connectivity index (χ1v) is 10.2. The van der Waals surface area contributed by atoms with Gasteiger partial charge in [-0.05, 0) is 54.4 Å². The monoisotopic (exact) mass is 428 g/mol. The van der Waals surface area contributed by atoms with Crippen LogP contribution >= 0.6 is 0 Å². The molecule has 1 N–H and O–H groups in total. The molecule has 1 atom stereocenters. The van der Waals surface area contributed by atoms with E-state index in [-0.39, 0.29) is 29.9 Å². The van der Waals surface area contributed by atoms with Crippen LogP contribution < -0.4 is 0 Å². The van der Waals surface area contributed by atoms with Gasteiger partial charge >= 0.3 is 5.97 Å². The van der Waals surface area contributed by atoms with E-state index >= 15 is 0 Å². The van der Waals surface area contributed by atoms with Gasteiger partial charge in [0.2, 0.25) is 0 Å². The zero-order chi connectivity index (χ0) is 22.7. The lowest BCUT2D eigenvalue weighted by atomic mass is 10.0. The molecule has 0 bridgehead atoms. The van der Waals surface area contributed by atoms with Gasteiger partial charge in [-0.2, -0.15) is 0 Å². The highest BCUT2D eigenvalue weighted by Crippen LogP contribution is 2.26. The summed E-state index contributed by atoms with van der Waals surface area (Å²) in [6.07, 6.45) is 1.54. The number of pyridine rings is 1. The summed E-state index contributed by atoms with van der Waals surface area (Å²) in [5, 5.41) is 10.2. The van der Waals surface area contributed by atoms with E-state index in [0.29, 0.717) is 11.1 Å². The van der Waals surface area contributed by atoms with Crippen molar-refractivity contribution in [2.45, 2.75) is 19.5 Å². The first-order chi connectivity index (χ1) is 15.4. The molecule has 32 heavy (non-hydrogen) atoms. The Hall–Kier alpha value is -4.06. The smallest absolute Gasteiger partial charge is 0.335 e. The van der Waals surface area contributed by atoms with E-state index in [1.165, 1.54) is 18.2 Å². The second-order valence-electron chi connectivity index (χ2n) is 7.58. The van der Waals surface area contributed by atoms with Gasteiger partial charge < -0.3 is 10.0 Å². The van der Waals surface area contributed by atoms with E-state index < -0.39 is 5.97 Å². The van der Waals surface area contributed by atoms with E-state index in [9.17, 15) is 19.1 Å². The molecule has 160 valence electrons. The lowest BCUT2D eigenvalue weighted by Crippen LogP contribution is -2.33. The lowest BCUT2D eigenvalue weighted by molar-refractivity contribution is 0.0673. The molecule has 1 amide bonds. The van der Waals surface area contributed by atoms with Crippen LogP contribution in [0.2, 0.25) is 0 Å². The molecular weight excluding hydrogens is 407 g/mol. The Kier molecular flexibility index (Phi) is 5.94. The third-order valence-electron chi connectivity index (χ3n) is 5.45. The molecule has 0 radical (unpaired) electrons. The van der Waals surface area contributed by atoms with Gasteiger partial charge in [-0.25, -0.2) is 9.18 Å². The van der Waals surface area contributed by atoms with Crippen molar-refractivity contribution in [3.05, 3.63) is 113 Å². The summed E-state index contributed by atoms with van der Waals surface area (Å²) in [4.78, 5) is 31.0. The second kappa shape index (κ2) is 8.98. The Labute approximate surface area is 184 Å². The number of para-hydroxylation sites is 1. The van der Waals surface area contributed by atoms with Crippen LogP contribution in [0.25, 0.3) is 10.9 Å². The fourth-order valence-electron chi connectivity index (χ4n) is 3.66. The van der Waals surface area contributed by atoms with Gasteiger partial charge in [-0.15, -0.1) is 0 Å². The van der Waals surface area contributed by atoms with Crippen molar-refractivity contribution in [3.8, 4) is 0 Å². The number of rotatable bonds is 6. The maximum absolute atomic E-state index is 13.6. The van der Waals surface area contributed by atoms with Gasteiger partial charge in [0.05, 0.1) is 22.7 Å². The van der Waals surface area contributed by atoms with Crippen LogP contribution in [0.15, 0.2) is 85.1 Å². The minimum atomic E-state index is -1.03. The molecule has 0 spiro atoms. The highest BCUT2D eigenvalue weighted by atomic mass is 19.1. The van der Waals surface area contributed by atoms with Crippen molar-refractivity contribution < 1.29 is 19.1 Å². The van der Waals surface area contributed by atoms with Gasteiger partial charge in [-0.1, -0.05) is 42.5 Å². The van der Waals surface area contributed by atoms with Crippen molar-refractivity contribution in [1.82, 2.24) is 9.88 Å². The highest BCUT2D eigenvalue weighted by Gasteiger charge is 2.24. The zero-order valence-electron chi connectivity index (χ0n) is 17.4. The molecule has 0 saturated heterocycles. The average molecular weight is 428 g/mol. The number of amides is 1. The Morgan fingerprint density at radius 3 is 2.47 bits per heavy atom. The SMILES string of the molecule is C[C@H](c1ccc(F)cc1)N(Cc1cccc(C(=O)O)c1)C(=O)c1cnc2ccccc2c1. The quantitative estimate of drug-likeness (QED) is 0.442. The number of halogens is 1. The van der Waals surface area contributed by atoms with Crippen LogP contribution in [0.5, 0.6) is 0 Å². The van der Waals surface area contributed by atoms with Crippen molar-refractivity contribution in [2.24, 2.45) is 0 Å². The predicted molar refractivity (Wildman–Crippen MR) is 120 cm³/mol. The van der Waals surface area contributed by atoms with Gasteiger partial charge in [-0.3, -0.25) is 9.78 Å². The predicted octanol–water partition coefficient (Wildman–Crippen LogP) is 5.48. The summed E-state index contributed by atoms with van der Waals surface area (Å²) < 4.78 is 13.4. The Bertz CT molecular complexity index is 1290. The van der Waals surface area contributed by atoms with Crippen LogP contribution in [0.1, 0.15) is 44.8 Å². The number of fused-ring (bicyclic) bond motifs is 1. The van der Waals surface area contributed by atoms with E-state index in [1.54, 1.807) is 47.5 Å². The van der Waals surface area contributed by atoms with E-state index in [4.69, 9.17) is 0 Å². The number of benzene rings is 3. The molecule has 1 heterocycles. The van der Waals surface area contributed by atoms with E-state index in [0.717, 1.165) is 16.5 Å². The van der Waals surface area contributed by atoms with Crippen molar-refractivity contribution in [1.29, 1.82) is 0 Å². The van der Waals surface area contributed by atoms with Crippen LogP contribution in [0.4, 0.5) is 4.39 Å². The number of hydrogen-bond donors (Lipinski definition) is 1. The van der Waals surface area contributed by atoms with Gasteiger partial charge in [0.25, 0.3) is 5.91 Å². The number of carboxylic acid groups (broad SMARTS) is 1. The number of hydrogen-bond acceptors (Lipinski definition) is 3. The Morgan fingerprint density at radius 2 is 1.72 bits per heavy atom. The number of aromatic nitrogens is 1. The number of nitrogens with zero attached hydrogens (tertiary/aromatic N) is 2. The molecule has 4 aromatic rings. The number of carbonyl (C=O) groups excluding carboxylic acids is 1. The first-order valence-electron chi connectivity index (χ1n) is 10.2. The molecule has 0 saturated carbocycles. The van der Waals surface area contributed by atoms with Crippen LogP contribution in [0, 0.1) is 5.82 Å². The number of carbonyl (C=O) groups is 2. The fourth-order valence-corrected chi connectivity index (χ4v) is 3.66. The summed E-state index contributed by atoms with van der Waals surface area (Å²) in [7, 11) is 0. The topological polar surface area (TPSA) is 70.5 Å². The summed E-state index contributed by atoms with van der Waals surface area (Å²) >= 11 is 0. The van der Waals surface area contributed by atoms with Gasteiger partial charge in [0.1, 0.15) is 5.82 Å². The molecule has 0 unspecified atom stereocenters. The molecule has 1 aromatic heterocycles. The van der Waals surface area contributed by atoms with Crippen LogP contribution in [-0.4, -0.2) is 26.9 Å². The molecule has 4 rings (SSSR count). The zero-order valence-corrected chi connectivity index (χ0v) is 17.4. The average Bonchev–Trinajstić information content (AvgIpc) is 2.82. The molecule has 6 heteroatoms. The molecule has 0 aliphatic heterocycles. The summed E-state index contributed by atoms with van der Waals surface area (Å²) in [6.45, 7) is 2.05. The van der Waals surface area contributed by atoms with Gasteiger partial charge in [0.15, 0.2) is 0 Å². The standard InChI is InChI=1S/C26H21FN2O3/c1-17(19-9-11-23(27)12-10-19)29(16-18-5-4-7-21(13-18)26(31)32)25(30)22-14-20-6-2-3-8-24(20)28-15-22/h2-15,17H,16H2,1H3,(H,31,32)/t17-/m1/s1. The minimum Gasteiger partial charge on any atom is -0.478 e. The Morgan fingerprint density at radius 1 is 0.969 bits per heavy atom. The maximum atomic E-state index is 13.6.